The van der Waals surface area contributed by atoms with Crippen molar-refractivity contribution >= 4 is 22.2 Å². The summed E-state index contributed by atoms with van der Waals surface area (Å²) in [6.45, 7) is 4.20. The normalized spacial score (nSPS) is 21.5. The van der Waals surface area contributed by atoms with Gasteiger partial charge < -0.3 is 14.4 Å². The van der Waals surface area contributed by atoms with Crippen LogP contribution in [0.2, 0.25) is 0 Å². The largest absolute Gasteiger partial charge is 0.497 e. The topological polar surface area (TPSA) is 123 Å². The Morgan fingerprint density at radius 2 is 1.65 bits per heavy atom. The van der Waals surface area contributed by atoms with E-state index in [2.05, 4.69) is 4.28 Å². The fraction of sp³-hybridized carbons (Fsp3) is 0.600. The number of hydrogen-bond acceptors (Lipinski definition) is 8. The molecule has 1 unspecified atom stereocenters. The molecule has 1 N–H and O–H groups in total. The molecule has 174 valence electrons. The van der Waals surface area contributed by atoms with Gasteiger partial charge in [0.2, 0.25) is 0 Å². The zero-order valence-corrected chi connectivity index (χ0v) is 19.5. The number of carbonyl (C=O) groups is 2. The third-order valence-corrected chi connectivity index (χ3v) is 6.03. The molecule has 2 amide bonds. The minimum absolute atomic E-state index is 0.155. The van der Waals surface area contributed by atoms with E-state index in [4.69, 9.17) is 14.0 Å². The lowest BCUT2D eigenvalue weighted by Gasteiger charge is -2.50. The van der Waals surface area contributed by atoms with Gasteiger partial charge in [0, 0.05) is 12.5 Å². The molecule has 1 heterocycles. The molecule has 0 spiro atoms. The van der Waals surface area contributed by atoms with Crippen LogP contribution in [0, 0.1) is 5.41 Å². The summed E-state index contributed by atoms with van der Waals surface area (Å²) in [5, 5.41) is 0.155. The first-order chi connectivity index (χ1) is 14.3. The highest BCUT2D eigenvalue weighted by atomic mass is 32.3. The molecule has 31 heavy (non-hydrogen) atoms. The minimum atomic E-state index is -5.09. The van der Waals surface area contributed by atoms with Crippen molar-refractivity contribution in [3.63, 3.8) is 0 Å². The monoisotopic (exact) mass is 458 g/mol. The van der Waals surface area contributed by atoms with Gasteiger partial charge in [0.15, 0.2) is 0 Å². The summed E-state index contributed by atoms with van der Waals surface area (Å²) in [6.07, 6.45) is 0.664. The first-order valence-corrected chi connectivity index (χ1v) is 11.1. The molecule has 1 atom stereocenters. The molecule has 2 rings (SSSR count). The number of piperidine rings is 1. The van der Waals surface area contributed by atoms with Crippen LogP contribution in [-0.2, 0) is 29.7 Å². The van der Waals surface area contributed by atoms with E-state index in [1.54, 1.807) is 32.0 Å². The Labute approximate surface area is 183 Å². The van der Waals surface area contributed by atoms with Crippen LogP contribution in [0.5, 0.6) is 11.5 Å². The van der Waals surface area contributed by atoms with E-state index in [0.717, 1.165) is 0 Å². The number of methoxy groups -OCH3 is 2. The molecule has 1 aliphatic rings. The van der Waals surface area contributed by atoms with Crippen molar-refractivity contribution in [2.75, 3.05) is 34.9 Å². The SMILES string of the molecule is COc1cc(OC)cc(C2(CCCN(C)C)C(=O)N(OS(=O)(=O)O)C(=O)CC2(C)C)c1. The Hall–Kier alpha value is -2.21. The lowest BCUT2D eigenvalue weighted by atomic mass is 9.56. The fourth-order valence-electron chi connectivity index (χ4n) is 4.16. The van der Waals surface area contributed by atoms with Crippen LogP contribution in [0.4, 0.5) is 0 Å². The van der Waals surface area contributed by atoms with Crippen LogP contribution in [-0.4, -0.2) is 69.6 Å². The highest BCUT2D eigenvalue weighted by molar-refractivity contribution is 7.80. The number of rotatable bonds is 9. The second kappa shape index (κ2) is 9.11. The Morgan fingerprint density at radius 3 is 2.10 bits per heavy atom. The van der Waals surface area contributed by atoms with E-state index < -0.39 is 33.0 Å². The van der Waals surface area contributed by atoms with Crippen molar-refractivity contribution in [3.8, 4) is 11.5 Å². The number of ether oxygens (including phenoxy) is 2. The van der Waals surface area contributed by atoms with Crippen LogP contribution in [0.25, 0.3) is 0 Å². The molecule has 1 aromatic rings. The van der Waals surface area contributed by atoms with Gasteiger partial charge in [-0.2, -0.15) is 8.42 Å². The molecule has 0 aliphatic carbocycles. The van der Waals surface area contributed by atoms with Crippen molar-refractivity contribution in [2.24, 2.45) is 5.41 Å². The zero-order chi connectivity index (χ0) is 23.6. The predicted molar refractivity (Wildman–Crippen MR) is 112 cm³/mol. The first kappa shape index (κ1) is 25.1. The van der Waals surface area contributed by atoms with E-state index in [1.165, 1.54) is 14.2 Å². The maximum Gasteiger partial charge on any atom is 0.419 e. The minimum Gasteiger partial charge on any atom is -0.497 e. The fourth-order valence-corrected chi connectivity index (χ4v) is 4.50. The van der Waals surface area contributed by atoms with Gasteiger partial charge in [0.1, 0.15) is 11.5 Å². The number of carbonyl (C=O) groups excluding carboxylic acids is 2. The second-order valence-corrected chi connectivity index (χ2v) is 9.47. The van der Waals surface area contributed by atoms with Crippen molar-refractivity contribution in [3.05, 3.63) is 23.8 Å². The maximum absolute atomic E-state index is 13.7. The third kappa shape index (κ3) is 5.17. The molecular weight excluding hydrogens is 428 g/mol. The van der Waals surface area contributed by atoms with Crippen molar-refractivity contribution in [2.45, 2.75) is 38.5 Å². The van der Waals surface area contributed by atoms with Crippen molar-refractivity contribution in [1.82, 2.24) is 9.96 Å². The van der Waals surface area contributed by atoms with Gasteiger partial charge in [-0.3, -0.25) is 14.1 Å². The number of hydroxylamine groups is 2. The maximum atomic E-state index is 13.7. The van der Waals surface area contributed by atoms with Gasteiger partial charge >= 0.3 is 10.4 Å². The van der Waals surface area contributed by atoms with Gasteiger partial charge in [0.05, 0.1) is 19.6 Å². The lowest BCUT2D eigenvalue weighted by molar-refractivity contribution is -0.191. The number of benzene rings is 1. The van der Waals surface area contributed by atoms with Crippen molar-refractivity contribution < 1.29 is 36.3 Å². The van der Waals surface area contributed by atoms with Crippen LogP contribution in [0.15, 0.2) is 18.2 Å². The summed E-state index contributed by atoms with van der Waals surface area (Å²) >= 11 is 0. The smallest absolute Gasteiger partial charge is 0.419 e. The highest BCUT2D eigenvalue weighted by Gasteiger charge is 2.60. The van der Waals surface area contributed by atoms with E-state index >= 15 is 0 Å². The molecule has 0 saturated carbocycles. The average Bonchev–Trinajstić information content (AvgIpc) is 2.66. The molecule has 0 aromatic heterocycles. The number of hydrogen-bond donors (Lipinski definition) is 1. The Balaban J connectivity index is 2.74. The number of nitrogens with zero attached hydrogens (tertiary/aromatic N) is 2. The second-order valence-electron chi connectivity index (χ2n) is 8.47. The first-order valence-electron chi connectivity index (χ1n) is 9.70. The summed E-state index contributed by atoms with van der Waals surface area (Å²) in [6, 6.07) is 4.98. The standard InChI is InChI=1S/C20H30N2O8S/c1-19(2)13-17(23)22(30-31(25,26)27)18(24)20(19,8-7-9-21(3)4)14-10-15(28-5)12-16(11-14)29-6/h10-12H,7-9,13H2,1-6H3,(H,25,26,27). The summed E-state index contributed by atoms with van der Waals surface area (Å²) in [4.78, 5) is 28.3. The molecule has 0 radical (unpaired) electrons. The predicted octanol–water partition coefficient (Wildman–Crippen LogP) is 1.80. The Kier molecular flexibility index (Phi) is 7.36. The van der Waals surface area contributed by atoms with Gasteiger partial charge in [-0.1, -0.05) is 13.8 Å². The molecule has 0 bridgehead atoms. The molecule has 1 fully saturated rings. The van der Waals surface area contributed by atoms with E-state index in [1.807, 2.05) is 19.0 Å². The third-order valence-electron chi connectivity index (χ3n) is 5.69. The molecule has 1 saturated heterocycles. The average molecular weight is 459 g/mol. The van der Waals surface area contributed by atoms with E-state index in [-0.39, 0.29) is 17.9 Å². The van der Waals surface area contributed by atoms with E-state index in [0.29, 0.717) is 30.0 Å². The van der Waals surface area contributed by atoms with E-state index in [9.17, 15) is 18.0 Å². The van der Waals surface area contributed by atoms with Gasteiger partial charge in [-0.25, -0.2) is 0 Å². The zero-order valence-electron chi connectivity index (χ0n) is 18.7. The summed E-state index contributed by atoms with van der Waals surface area (Å²) in [5.74, 6) is -0.862. The van der Waals surface area contributed by atoms with Crippen LogP contribution >= 0.6 is 0 Å². The Bertz CT molecular complexity index is 922. The highest BCUT2D eigenvalue weighted by Crippen LogP contribution is 2.53. The molecule has 1 aromatic carbocycles. The summed E-state index contributed by atoms with van der Waals surface area (Å²) in [7, 11) is 1.65. The summed E-state index contributed by atoms with van der Waals surface area (Å²) in [5.41, 5.74) is -1.78. The van der Waals surface area contributed by atoms with Gasteiger partial charge in [-0.05, 0) is 56.6 Å². The number of amides is 2. The van der Waals surface area contributed by atoms with Gasteiger partial charge in [-0.15, -0.1) is 9.35 Å². The molecule has 1 aliphatic heterocycles. The number of imide groups is 1. The van der Waals surface area contributed by atoms with Crippen LogP contribution in [0.1, 0.15) is 38.7 Å². The molecule has 10 nitrogen and oxygen atoms in total. The van der Waals surface area contributed by atoms with Gasteiger partial charge in [0.25, 0.3) is 11.8 Å². The summed E-state index contributed by atoms with van der Waals surface area (Å²) < 4.78 is 47.0. The Morgan fingerprint density at radius 1 is 1.10 bits per heavy atom. The van der Waals surface area contributed by atoms with Crippen molar-refractivity contribution in [1.29, 1.82) is 0 Å². The lowest BCUT2D eigenvalue weighted by Crippen LogP contribution is -2.62. The van der Waals surface area contributed by atoms with Crippen LogP contribution < -0.4 is 9.47 Å². The molecule has 11 heteroatoms. The molecular formula is C20H30N2O8S. The quantitative estimate of drug-likeness (QED) is 0.436. The van der Waals surface area contributed by atoms with Crippen LogP contribution in [0.3, 0.4) is 0 Å².